The third-order valence-electron chi connectivity index (χ3n) is 5.19. The summed E-state index contributed by atoms with van der Waals surface area (Å²) in [6.45, 7) is 4.16. The smallest absolute Gasteiger partial charge is 0.262 e. The molecule has 0 saturated carbocycles. The standard InChI is InChI=1S/C22H23N5O2S/c1-4-14-9-8-10-15(5-2)19(14)23-18(28)13-30-22-25-24-21-26(3)20(29)16-11-6-7-12-17(16)27(21)22/h6-12H,4-5,13H2,1-3H3,(H,23,28). The first-order valence-electron chi connectivity index (χ1n) is 9.91. The SMILES string of the molecule is CCc1cccc(CC)c1NC(=O)CSc1nnc2n(C)c(=O)c3ccccc3n12. The van der Waals surface area contributed by atoms with Gasteiger partial charge in [-0.15, -0.1) is 10.2 Å². The molecule has 0 aliphatic carbocycles. The normalized spacial score (nSPS) is 11.3. The number of benzene rings is 2. The van der Waals surface area contributed by atoms with Crippen LogP contribution in [-0.2, 0) is 24.7 Å². The van der Waals surface area contributed by atoms with Gasteiger partial charge >= 0.3 is 0 Å². The molecule has 4 rings (SSSR count). The van der Waals surface area contributed by atoms with Gasteiger partial charge in [-0.3, -0.25) is 18.6 Å². The second-order valence-electron chi connectivity index (χ2n) is 6.99. The Morgan fingerprint density at radius 3 is 2.43 bits per heavy atom. The highest BCUT2D eigenvalue weighted by Gasteiger charge is 2.17. The minimum Gasteiger partial charge on any atom is -0.325 e. The van der Waals surface area contributed by atoms with Gasteiger partial charge in [0.25, 0.3) is 5.56 Å². The van der Waals surface area contributed by atoms with E-state index < -0.39 is 0 Å². The van der Waals surface area contributed by atoms with Crippen LogP contribution >= 0.6 is 11.8 Å². The minimum atomic E-state index is -0.122. The van der Waals surface area contributed by atoms with Crippen LogP contribution in [0.5, 0.6) is 0 Å². The lowest BCUT2D eigenvalue weighted by molar-refractivity contribution is -0.113. The lowest BCUT2D eigenvalue weighted by Gasteiger charge is -2.14. The second-order valence-corrected chi connectivity index (χ2v) is 7.94. The number of nitrogens with one attached hydrogen (secondary N) is 1. The number of hydrogen-bond acceptors (Lipinski definition) is 5. The first kappa shape index (κ1) is 20.2. The van der Waals surface area contributed by atoms with E-state index >= 15 is 0 Å². The summed E-state index contributed by atoms with van der Waals surface area (Å²) in [6.07, 6.45) is 1.71. The number of thioether (sulfide) groups is 1. The Hall–Kier alpha value is -3.13. The Bertz CT molecular complexity index is 1290. The second kappa shape index (κ2) is 8.31. The van der Waals surface area contributed by atoms with E-state index in [2.05, 4.69) is 29.4 Å². The van der Waals surface area contributed by atoms with E-state index in [1.165, 1.54) is 16.3 Å². The molecule has 2 heterocycles. The maximum Gasteiger partial charge on any atom is 0.262 e. The summed E-state index contributed by atoms with van der Waals surface area (Å²) in [5.41, 5.74) is 3.77. The van der Waals surface area contributed by atoms with Crippen LogP contribution in [0.25, 0.3) is 16.7 Å². The van der Waals surface area contributed by atoms with Crippen molar-refractivity contribution in [1.82, 2.24) is 19.2 Å². The number of nitrogens with zero attached hydrogens (tertiary/aromatic N) is 4. The van der Waals surface area contributed by atoms with Crippen LogP contribution in [0.2, 0.25) is 0 Å². The van der Waals surface area contributed by atoms with E-state index in [4.69, 9.17) is 0 Å². The van der Waals surface area contributed by atoms with E-state index in [1.807, 2.05) is 40.8 Å². The maximum atomic E-state index is 12.7. The van der Waals surface area contributed by atoms with Crippen molar-refractivity contribution in [3.63, 3.8) is 0 Å². The minimum absolute atomic E-state index is 0.0959. The molecule has 0 saturated heterocycles. The number of carbonyl (C=O) groups excluding carboxylic acids is 1. The van der Waals surface area contributed by atoms with Gasteiger partial charge in [0.15, 0.2) is 5.16 Å². The molecule has 0 aliphatic heterocycles. The van der Waals surface area contributed by atoms with Crippen LogP contribution in [0, 0.1) is 0 Å². The zero-order chi connectivity index (χ0) is 21.3. The van der Waals surface area contributed by atoms with Crippen LogP contribution in [0.15, 0.2) is 52.4 Å². The number of anilines is 1. The van der Waals surface area contributed by atoms with Crippen molar-refractivity contribution in [3.8, 4) is 0 Å². The number of aryl methyl sites for hydroxylation is 3. The summed E-state index contributed by atoms with van der Waals surface area (Å²) < 4.78 is 3.30. The number of aromatic nitrogens is 4. The molecule has 30 heavy (non-hydrogen) atoms. The first-order chi connectivity index (χ1) is 14.5. The number of carbonyl (C=O) groups is 1. The molecule has 0 radical (unpaired) electrons. The van der Waals surface area contributed by atoms with Crippen molar-refractivity contribution in [2.75, 3.05) is 11.1 Å². The number of fused-ring (bicyclic) bond motifs is 3. The predicted molar refractivity (Wildman–Crippen MR) is 120 cm³/mol. The topological polar surface area (TPSA) is 81.3 Å². The van der Waals surface area contributed by atoms with Gasteiger partial charge in [-0.1, -0.05) is 55.9 Å². The monoisotopic (exact) mass is 421 g/mol. The summed E-state index contributed by atoms with van der Waals surface area (Å²) >= 11 is 1.30. The Balaban J connectivity index is 1.62. The Morgan fingerprint density at radius 2 is 1.73 bits per heavy atom. The summed E-state index contributed by atoms with van der Waals surface area (Å²) in [5, 5.41) is 12.6. The molecule has 0 aliphatic rings. The summed E-state index contributed by atoms with van der Waals surface area (Å²) in [5.74, 6) is 0.548. The number of rotatable bonds is 6. The summed E-state index contributed by atoms with van der Waals surface area (Å²) in [6, 6.07) is 13.5. The van der Waals surface area contributed by atoms with Gasteiger partial charge < -0.3 is 5.32 Å². The third kappa shape index (κ3) is 3.47. The molecular formula is C22H23N5O2S. The zero-order valence-corrected chi connectivity index (χ0v) is 18.0. The molecule has 8 heteroatoms. The predicted octanol–water partition coefficient (Wildman–Crippen LogP) is 3.44. The Labute approximate surface area is 178 Å². The van der Waals surface area contributed by atoms with Crippen LogP contribution in [0.1, 0.15) is 25.0 Å². The molecule has 0 atom stereocenters. The fourth-order valence-corrected chi connectivity index (χ4v) is 4.35. The molecule has 0 fully saturated rings. The number of para-hydroxylation sites is 2. The van der Waals surface area contributed by atoms with Crippen molar-refractivity contribution in [3.05, 3.63) is 63.9 Å². The highest BCUT2D eigenvalue weighted by Crippen LogP contribution is 2.24. The van der Waals surface area contributed by atoms with Crippen molar-refractivity contribution in [2.45, 2.75) is 31.8 Å². The van der Waals surface area contributed by atoms with E-state index in [1.54, 1.807) is 13.1 Å². The van der Waals surface area contributed by atoms with Crippen LogP contribution < -0.4 is 10.9 Å². The quantitative estimate of drug-likeness (QED) is 0.483. The lowest BCUT2D eigenvalue weighted by Crippen LogP contribution is -2.20. The molecule has 2 aromatic carbocycles. The first-order valence-corrected chi connectivity index (χ1v) is 10.9. The number of hydrogen-bond donors (Lipinski definition) is 1. The fraction of sp³-hybridized carbons (Fsp3) is 0.273. The Kier molecular flexibility index (Phi) is 5.59. The van der Waals surface area contributed by atoms with Gasteiger partial charge in [0.1, 0.15) is 0 Å². The van der Waals surface area contributed by atoms with Crippen molar-refractivity contribution in [1.29, 1.82) is 0 Å². The molecule has 0 spiro atoms. The molecule has 7 nitrogen and oxygen atoms in total. The average Bonchev–Trinajstić information content (AvgIpc) is 3.20. The maximum absolute atomic E-state index is 12.7. The van der Waals surface area contributed by atoms with Crippen molar-refractivity contribution in [2.24, 2.45) is 7.05 Å². The molecule has 1 amide bonds. The molecular weight excluding hydrogens is 398 g/mol. The molecule has 0 bridgehead atoms. The molecule has 2 aromatic heterocycles. The largest absolute Gasteiger partial charge is 0.325 e. The molecule has 4 aromatic rings. The van der Waals surface area contributed by atoms with Crippen LogP contribution in [0.4, 0.5) is 5.69 Å². The van der Waals surface area contributed by atoms with Gasteiger partial charge in [-0.2, -0.15) is 0 Å². The average molecular weight is 422 g/mol. The van der Waals surface area contributed by atoms with Gasteiger partial charge in [-0.05, 0) is 36.1 Å². The zero-order valence-electron chi connectivity index (χ0n) is 17.2. The van der Waals surface area contributed by atoms with Crippen molar-refractivity contribution >= 4 is 40.0 Å². The van der Waals surface area contributed by atoms with E-state index in [0.29, 0.717) is 16.3 Å². The summed E-state index contributed by atoms with van der Waals surface area (Å²) in [4.78, 5) is 25.3. The van der Waals surface area contributed by atoms with Gasteiger partial charge in [0.05, 0.1) is 16.7 Å². The lowest BCUT2D eigenvalue weighted by atomic mass is 10.0. The van der Waals surface area contributed by atoms with Crippen LogP contribution in [-0.4, -0.2) is 30.8 Å². The molecule has 1 N–H and O–H groups in total. The highest BCUT2D eigenvalue weighted by atomic mass is 32.2. The number of amides is 1. The van der Waals surface area contributed by atoms with Crippen LogP contribution in [0.3, 0.4) is 0 Å². The van der Waals surface area contributed by atoms with E-state index in [-0.39, 0.29) is 17.2 Å². The fourth-order valence-electron chi connectivity index (χ4n) is 3.61. The van der Waals surface area contributed by atoms with Gasteiger partial charge in [0, 0.05) is 12.7 Å². The van der Waals surface area contributed by atoms with Crippen molar-refractivity contribution < 1.29 is 4.79 Å². The van der Waals surface area contributed by atoms with Gasteiger partial charge in [-0.25, -0.2) is 0 Å². The molecule has 154 valence electrons. The van der Waals surface area contributed by atoms with Gasteiger partial charge in [0.2, 0.25) is 11.7 Å². The summed E-state index contributed by atoms with van der Waals surface area (Å²) in [7, 11) is 1.67. The third-order valence-corrected chi connectivity index (χ3v) is 6.12. The van der Waals surface area contributed by atoms with E-state index in [9.17, 15) is 9.59 Å². The molecule has 0 unspecified atom stereocenters. The Morgan fingerprint density at radius 1 is 1.03 bits per heavy atom. The highest BCUT2D eigenvalue weighted by molar-refractivity contribution is 7.99. The van der Waals surface area contributed by atoms with E-state index in [0.717, 1.165) is 35.2 Å².